The largest absolute Gasteiger partial charge is 0.381 e. The van der Waals surface area contributed by atoms with Crippen molar-refractivity contribution in [3.63, 3.8) is 0 Å². The summed E-state index contributed by atoms with van der Waals surface area (Å²) in [5.41, 5.74) is 2.24. The maximum absolute atomic E-state index is 14.9. The highest BCUT2D eigenvalue weighted by Gasteiger charge is 2.52. The van der Waals surface area contributed by atoms with Crippen molar-refractivity contribution >= 4 is 11.4 Å². The fourth-order valence-electron chi connectivity index (χ4n) is 6.70. The van der Waals surface area contributed by atoms with Crippen LogP contribution in [0.1, 0.15) is 49.7 Å². The number of carbonyl (C=O) groups is 1. The summed E-state index contributed by atoms with van der Waals surface area (Å²) in [5.74, 6) is 0.398. The number of hydrogen-bond acceptors (Lipinski definition) is 3. The lowest BCUT2D eigenvalue weighted by Crippen LogP contribution is -2.56. The molecule has 172 valence electrons. The molecule has 5 nitrogen and oxygen atoms in total. The SMILES string of the molecule is O=C(N1[C@H]2CC[C@H]1CC(Cc1cccn3nccc13)C2)C1(c2ccccc2F)CCOCC1. The topological polar surface area (TPSA) is 46.8 Å². The summed E-state index contributed by atoms with van der Waals surface area (Å²) in [6.07, 6.45) is 10.1. The van der Waals surface area contributed by atoms with Crippen LogP contribution in [-0.4, -0.2) is 45.7 Å². The van der Waals surface area contributed by atoms with Gasteiger partial charge in [-0.15, -0.1) is 0 Å². The zero-order valence-electron chi connectivity index (χ0n) is 18.8. The lowest BCUT2D eigenvalue weighted by molar-refractivity contribution is -0.147. The van der Waals surface area contributed by atoms with Gasteiger partial charge in [-0.2, -0.15) is 5.10 Å². The lowest BCUT2D eigenvalue weighted by atomic mass is 9.71. The number of fused-ring (bicyclic) bond motifs is 3. The minimum Gasteiger partial charge on any atom is -0.381 e. The number of hydrogen-bond donors (Lipinski definition) is 0. The van der Waals surface area contributed by atoms with Crippen LogP contribution in [0.25, 0.3) is 5.52 Å². The highest BCUT2D eigenvalue weighted by Crippen LogP contribution is 2.46. The molecule has 2 aromatic heterocycles. The molecule has 6 heteroatoms. The van der Waals surface area contributed by atoms with Crippen LogP contribution in [0.15, 0.2) is 54.9 Å². The van der Waals surface area contributed by atoms with Gasteiger partial charge in [0.05, 0.1) is 10.9 Å². The van der Waals surface area contributed by atoms with Crippen molar-refractivity contribution in [2.45, 2.75) is 62.4 Å². The predicted molar refractivity (Wildman–Crippen MR) is 123 cm³/mol. The fraction of sp³-hybridized carbons (Fsp3) is 0.481. The molecule has 0 radical (unpaired) electrons. The summed E-state index contributed by atoms with van der Waals surface area (Å²) in [7, 11) is 0. The molecule has 0 unspecified atom stereocenters. The summed E-state index contributed by atoms with van der Waals surface area (Å²) < 4.78 is 22.5. The normalized spacial score (nSPS) is 26.6. The van der Waals surface area contributed by atoms with Crippen molar-refractivity contribution in [3.05, 3.63) is 71.8 Å². The number of ether oxygens (including phenoxy) is 1. The van der Waals surface area contributed by atoms with Crippen molar-refractivity contribution < 1.29 is 13.9 Å². The van der Waals surface area contributed by atoms with Gasteiger partial charge in [-0.3, -0.25) is 4.79 Å². The van der Waals surface area contributed by atoms with Crippen LogP contribution in [0.2, 0.25) is 0 Å². The Labute approximate surface area is 193 Å². The molecular weight excluding hydrogens is 417 g/mol. The second-order valence-electron chi connectivity index (χ2n) is 10.0. The smallest absolute Gasteiger partial charge is 0.234 e. The first-order valence-corrected chi connectivity index (χ1v) is 12.2. The van der Waals surface area contributed by atoms with Gasteiger partial charge in [-0.25, -0.2) is 8.91 Å². The average Bonchev–Trinajstić information content (AvgIpc) is 3.42. The van der Waals surface area contributed by atoms with E-state index in [0.717, 1.165) is 32.1 Å². The van der Waals surface area contributed by atoms with Gasteiger partial charge in [-0.05, 0) is 74.6 Å². The Morgan fingerprint density at radius 1 is 1.06 bits per heavy atom. The molecule has 3 saturated heterocycles. The summed E-state index contributed by atoms with van der Waals surface area (Å²) in [4.78, 5) is 16.3. The first-order valence-electron chi connectivity index (χ1n) is 12.2. The number of nitrogens with zero attached hydrogens (tertiary/aromatic N) is 3. The average molecular weight is 448 g/mol. The van der Waals surface area contributed by atoms with Crippen molar-refractivity contribution in [3.8, 4) is 0 Å². The van der Waals surface area contributed by atoms with Crippen LogP contribution >= 0.6 is 0 Å². The third-order valence-corrected chi connectivity index (χ3v) is 8.24. The third-order valence-electron chi connectivity index (χ3n) is 8.24. The van der Waals surface area contributed by atoms with E-state index in [0.29, 0.717) is 37.5 Å². The molecule has 0 spiro atoms. The highest BCUT2D eigenvalue weighted by atomic mass is 19.1. The van der Waals surface area contributed by atoms with Crippen molar-refractivity contribution in [1.29, 1.82) is 0 Å². The van der Waals surface area contributed by atoms with Crippen LogP contribution in [0, 0.1) is 11.7 Å². The summed E-state index contributed by atoms with van der Waals surface area (Å²) in [6, 6.07) is 13.7. The zero-order chi connectivity index (χ0) is 22.4. The van der Waals surface area contributed by atoms with Gasteiger partial charge in [0, 0.05) is 43.3 Å². The summed E-state index contributed by atoms with van der Waals surface area (Å²) >= 11 is 0. The zero-order valence-corrected chi connectivity index (χ0v) is 18.8. The first-order chi connectivity index (χ1) is 16.2. The van der Waals surface area contributed by atoms with Crippen LogP contribution in [0.4, 0.5) is 4.39 Å². The molecule has 1 aromatic carbocycles. The molecule has 3 aromatic rings. The van der Waals surface area contributed by atoms with E-state index >= 15 is 0 Å². The number of amides is 1. The summed E-state index contributed by atoms with van der Waals surface area (Å²) in [6.45, 7) is 1.00. The molecule has 2 bridgehead atoms. The number of aromatic nitrogens is 2. The molecule has 3 fully saturated rings. The van der Waals surface area contributed by atoms with E-state index in [1.807, 2.05) is 23.0 Å². The van der Waals surface area contributed by atoms with E-state index < -0.39 is 5.41 Å². The molecule has 1 amide bonds. The Bertz CT molecular complexity index is 1150. The quantitative estimate of drug-likeness (QED) is 0.590. The van der Waals surface area contributed by atoms with E-state index in [1.165, 1.54) is 17.1 Å². The Balaban J connectivity index is 1.26. The van der Waals surface area contributed by atoms with Gasteiger partial charge in [0.2, 0.25) is 5.91 Å². The van der Waals surface area contributed by atoms with Gasteiger partial charge < -0.3 is 9.64 Å². The molecule has 5 heterocycles. The number of pyridine rings is 1. The Morgan fingerprint density at radius 3 is 2.58 bits per heavy atom. The molecule has 6 rings (SSSR count). The van der Waals surface area contributed by atoms with Crippen LogP contribution < -0.4 is 0 Å². The highest BCUT2D eigenvalue weighted by molar-refractivity contribution is 5.89. The van der Waals surface area contributed by atoms with Crippen LogP contribution in [0.5, 0.6) is 0 Å². The lowest BCUT2D eigenvalue weighted by Gasteiger charge is -2.46. The molecule has 33 heavy (non-hydrogen) atoms. The number of piperidine rings is 1. The fourth-order valence-corrected chi connectivity index (χ4v) is 6.70. The van der Waals surface area contributed by atoms with Crippen LogP contribution in [-0.2, 0) is 21.4 Å². The third kappa shape index (κ3) is 3.46. The van der Waals surface area contributed by atoms with E-state index in [-0.39, 0.29) is 23.8 Å². The minimum atomic E-state index is -0.805. The minimum absolute atomic E-state index is 0.125. The predicted octanol–water partition coefficient (Wildman–Crippen LogP) is 4.53. The molecule has 3 aliphatic heterocycles. The second-order valence-corrected chi connectivity index (χ2v) is 10.0. The Hall–Kier alpha value is -2.73. The van der Waals surface area contributed by atoms with Gasteiger partial charge in [0.15, 0.2) is 0 Å². The van der Waals surface area contributed by atoms with Crippen molar-refractivity contribution in [1.82, 2.24) is 14.5 Å². The summed E-state index contributed by atoms with van der Waals surface area (Å²) in [5, 5.41) is 4.37. The number of rotatable bonds is 4. The van der Waals surface area contributed by atoms with E-state index in [2.05, 4.69) is 28.2 Å². The first kappa shape index (κ1) is 20.8. The second kappa shape index (κ2) is 8.24. The maximum atomic E-state index is 14.9. The molecule has 0 saturated carbocycles. The van der Waals surface area contributed by atoms with Crippen LogP contribution in [0.3, 0.4) is 0 Å². The molecular formula is C27H30FN3O2. The van der Waals surface area contributed by atoms with E-state index in [1.54, 1.807) is 12.1 Å². The van der Waals surface area contributed by atoms with Gasteiger partial charge in [0.1, 0.15) is 5.82 Å². The number of halogens is 1. The molecule has 0 aliphatic carbocycles. The van der Waals surface area contributed by atoms with Crippen molar-refractivity contribution in [2.24, 2.45) is 5.92 Å². The molecule has 0 N–H and O–H groups in total. The van der Waals surface area contributed by atoms with Gasteiger partial charge in [0.25, 0.3) is 0 Å². The van der Waals surface area contributed by atoms with Gasteiger partial charge in [-0.1, -0.05) is 24.3 Å². The molecule has 3 aliphatic rings. The number of carbonyl (C=O) groups excluding carboxylic acids is 1. The monoisotopic (exact) mass is 447 g/mol. The number of benzene rings is 1. The molecule has 2 atom stereocenters. The van der Waals surface area contributed by atoms with Gasteiger partial charge >= 0.3 is 0 Å². The van der Waals surface area contributed by atoms with E-state index in [4.69, 9.17) is 4.74 Å². The van der Waals surface area contributed by atoms with E-state index in [9.17, 15) is 9.18 Å². The Morgan fingerprint density at radius 2 is 1.82 bits per heavy atom. The maximum Gasteiger partial charge on any atom is 0.234 e. The van der Waals surface area contributed by atoms with Crippen molar-refractivity contribution in [2.75, 3.05) is 13.2 Å². The Kier molecular flexibility index (Phi) is 5.21. The standard InChI is InChI=1S/C27H30FN3O2/c28-24-6-2-1-5-23(24)27(10-14-33-15-11-27)26(32)31-21-7-8-22(31)18-19(17-21)16-20-4-3-13-30-25(20)9-12-29-30/h1-6,9,12-13,19,21-22H,7-8,10-11,14-18H2/t21-,22-/m0/s1.